The van der Waals surface area contributed by atoms with Crippen LogP contribution in [0, 0.1) is 5.92 Å². The van der Waals surface area contributed by atoms with E-state index in [2.05, 4.69) is 26.6 Å². The smallest absolute Gasteiger partial charge is 0.224 e. The molecule has 1 amide bonds. The maximum atomic E-state index is 11.8. The molecule has 0 bridgehead atoms. The molecule has 2 N–H and O–H groups in total. The molecule has 3 heterocycles. The second kappa shape index (κ2) is 5.17. The first-order valence-electron chi connectivity index (χ1n) is 6.93. The molecule has 2 atom stereocenters. The van der Waals surface area contributed by atoms with Crippen LogP contribution in [-0.4, -0.2) is 42.0 Å². The van der Waals surface area contributed by atoms with E-state index in [9.17, 15) is 4.79 Å². The Morgan fingerprint density at radius 1 is 1.58 bits per heavy atom. The summed E-state index contributed by atoms with van der Waals surface area (Å²) in [5.41, 5.74) is 1.20. The lowest BCUT2D eigenvalue weighted by Gasteiger charge is -2.36. The Balaban J connectivity index is 1.77. The maximum Gasteiger partial charge on any atom is 0.224 e. The summed E-state index contributed by atoms with van der Waals surface area (Å²) >= 11 is 0. The highest BCUT2D eigenvalue weighted by Gasteiger charge is 2.40. The second-order valence-electron chi connectivity index (χ2n) is 5.29. The van der Waals surface area contributed by atoms with Crippen LogP contribution in [0.15, 0.2) is 18.3 Å². The summed E-state index contributed by atoms with van der Waals surface area (Å²) in [5, 5.41) is 6.13. The number of hydrogen-bond acceptors (Lipinski definition) is 4. The lowest BCUT2D eigenvalue weighted by molar-refractivity contribution is -0.124. The van der Waals surface area contributed by atoms with Gasteiger partial charge in [0.15, 0.2) is 0 Å². The van der Waals surface area contributed by atoms with Crippen LogP contribution in [0.1, 0.15) is 18.4 Å². The van der Waals surface area contributed by atoms with E-state index in [1.54, 1.807) is 6.20 Å². The minimum atomic E-state index is 0.184. The van der Waals surface area contributed by atoms with Crippen LogP contribution in [0.4, 0.5) is 5.82 Å². The average Bonchev–Trinajstić information content (AvgIpc) is 2.82. The molecule has 2 aliphatic rings. The summed E-state index contributed by atoms with van der Waals surface area (Å²) in [6.07, 6.45) is 3.93. The van der Waals surface area contributed by atoms with Crippen molar-refractivity contribution in [2.75, 3.05) is 25.5 Å². The fourth-order valence-corrected chi connectivity index (χ4v) is 3.25. The zero-order chi connectivity index (χ0) is 13.2. The molecule has 0 radical (unpaired) electrons. The first-order chi connectivity index (χ1) is 9.29. The van der Waals surface area contributed by atoms with E-state index in [0.29, 0.717) is 6.04 Å². The van der Waals surface area contributed by atoms with E-state index >= 15 is 0 Å². The molecule has 2 fully saturated rings. The standard InChI is InChI=1S/C14H20N4O/c1-15-13-10(4-2-6-16-13)9-18-7-3-5-11-12(18)8-17-14(11)19/h2,4,6,11-12H,3,5,7-9H2,1H3,(H,15,16)(H,17,19). The van der Waals surface area contributed by atoms with Crippen molar-refractivity contribution in [1.82, 2.24) is 15.2 Å². The SMILES string of the molecule is CNc1ncccc1CN1CCCC2C(=O)NCC21. The quantitative estimate of drug-likeness (QED) is 0.845. The number of hydrogen-bond donors (Lipinski definition) is 2. The number of nitrogens with zero attached hydrogens (tertiary/aromatic N) is 2. The van der Waals surface area contributed by atoms with Gasteiger partial charge in [-0.25, -0.2) is 4.98 Å². The Kier molecular flexibility index (Phi) is 3.38. The third-order valence-corrected chi connectivity index (χ3v) is 4.22. The molecule has 0 spiro atoms. The first-order valence-corrected chi connectivity index (χ1v) is 6.93. The van der Waals surface area contributed by atoms with Crippen molar-refractivity contribution in [3.8, 4) is 0 Å². The van der Waals surface area contributed by atoms with Gasteiger partial charge in [-0.15, -0.1) is 0 Å². The number of fused-ring (bicyclic) bond motifs is 1. The van der Waals surface area contributed by atoms with E-state index in [1.807, 2.05) is 13.1 Å². The molecular weight excluding hydrogens is 240 g/mol. The molecule has 2 saturated heterocycles. The highest BCUT2D eigenvalue weighted by atomic mass is 16.2. The number of rotatable bonds is 3. The van der Waals surface area contributed by atoms with Gasteiger partial charge in [0, 0.05) is 37.9 Å². The topological polar surface area (TPSA) is 57.3 Å². The van der Waals surface area contributed by atoms with Crippen molar-refractivity contribution in [3.05, 3.63) is 23.9 Å². The number of likely N-dealkylation sites (tertiary alicyclic amines) is 1. The maximum absolute atomic E-state index is 11.8. The molecule has 0 saturated carbocycles. The Morgan fingerprint density at radius 3 is 3.32 bits per heavy atom. The number of nitrogens with one attached hydrogen (secondary N) is 2. The minimum Gasteiger partial charge on any atom is -0.373 e. The Bertz CT molecular complexity index is 476. The zero-order valence-electron chi connectivity index (χ0n) is 11.2. The largest absolute Gasteiger partial charge is 0.373 e. The molecule has 0 aromatic carbocycles. The number of piperidine rings is 1. The van der Waals surface area contributed by atoms with Crippen LogP contribution in [0.25, 0.3) is 0 Å². The molecule has 0 aliphatic carbocycles. The summed E-state index contributed by atoms with van der Waals surface area (Å²) in [6, 6.07) is 4.42. The summed E-state index contributed by atoms with van der Waals surface area (Å²) in [5.74, 6) is 1.35. The normalized spacial score (nSPS) is 26.9. The molecule has 2 unspecified atom stereocenters. The Hall–Kier alpha value is -1.62. The van der Waals surface area contributed by atoms with Gasteiger partial charge in [-0.1, -0.05) is 6.07 Å². The van der Waals surface area contributed by atoms with Crippen molar-refractivity contribution in [3.63, 3.8) is 0 Å². The minimum absolute atomic E-state index is 0.184. The number of pyridine rings is 1. The highest BCUT2D eigenvalue weighted by Crippen LogP contribution is 2.29. The van der Waals surface area contributed by atoms with Crippen LogP contribution in [-0.2, 0) is 11.3 Å². The van der Waals surface area contributed by atoms with Crippen molar-refractivity contribution < 1.29 is 4.79 Å². The van der Waals surface area contributed by atoms with Gasteiger partial charge in [0.25, 0.3) is 0 Å². The average molecular weight is 260 g/mol. The van der Waals surface area contributed by atoms with Crippen molar-refractivity contribution in [2.24, 2.45) is 5.92 Å². The fourth-order valence-electron chi connectivity index (χ4n) is 3.25. The van der Waals surface area contributed by atoms with Crippen LogP contribution in [0.3, 0.4) is 0 Å². The molecule has 102 valence electrons. The number of amides is 1. The second-order valence-corrected chi connectivity index (χ2v) is 5.29. The number of carbonyl (C=O) groups excluding carboxylic acids is 1. The molecule has 1 aromatic rings. The summed E-state index contributed by atoms with van der Waals surface area (Å²) in [4.78, 5) is 18.5. The van der Waals surface area contributed by atoms with Crippen LogP contribution < -0.4 is 10.6 Å². The molecular formula is C14H20N4O. The Morgan fingerprint density at radius 2 is 2.47 bits per heavy atom. The summed E-state index contributed by atoms with van der Waals surface area (Å²) in [6.45, 7) is 2.72. The van der Waals surface area contributed by atoms with E-state index in [1.165, 1.54) is 5.56 Å². The first kappa shape index (κ1) is 12.4. The van der Waals surface area contributed by atoms with Gasteiger partial charge in [-0.2, -0.15) is 0 Å². The number of carbonyl (C=O) groups is 1. The van der Waals surface area contributed by atoms with Gasteiger partial charge >= 0.3 is 0 Å². The predicted molar refractivity (Wildman–Crippen MR) is 73.7 cm³/mol. The Labute approximate surface area is 113 Å². The lowest BCUT2D eigenvalue weighted by Crippen LogP contribution is -2.45. The molecule has 3 rings (SSSR count). The van der Waals surface area contributed by atoms with Gasteiger partial charge in [0.1, 0.15) is 5.82 Å². The molecule has 5 heteroatoms. The van der Waals surface area contributed by atoms with E-state index in [4.69, 9.17) is 0 Å². The monoisotopic (exact) mass is 260 g/mol. The van der Waals surface area contributed by atoms with E-state index in [-0.39, 0.29) is 11.8 Å². The van der Waals surface area contributed by atoms with Gasteiger partial charge in [-0.3, -0.25) is 9.69 Å². The molecule has 1 aromatic heterocycles. The fraction of sp³-hybridized carbons (Fsp3) is 0.571. The molecule has 2 aliphatic heterocycles. The van der Waals surface area contributed by atoms with E-state index in [0.717, 1.165) is 38.3 Å². The van der Waals surface area contributed by atoms with Crippen LogP contribution in [0.2, 0.25) is 0 Å². The molecule has 19 heavy (non-hydrogen) atoms. The zero-order valence-corrected chi connectivity index (χ0v) is 11.2. The molecule has 5 nitrogen and oxygen atoms in total. The number of aromatic nitrogens is 1. The van der Waals surface area contributed by atoms with Crippen molar-refractivity contribution >= 4 is 11.7 Å². The number of anilines is 1. The summed E-state index contributed by atoms with van der Waals surface area (Å²) in [7, 11) is 1.89. The lowest BCUT2D eigenvalue weighted by atomic mass is 9.91. The van der Waals surface area contributed by atoms with Gasteiger partial charge < -0.3 is 10.6 Å². The van der Waals surface area contributed by atoms with Crippen LogP contribution >= 0.6 is 0 Å². The highest BCUT2D eigenvalue weighted by molar-refractivity contribution is 5.82. The van der Waals surface area contributed by atoms with Gasteiger partial charge in [0.2, 0.25) is 5.91 Å². The third-order valence-electron chi connectivity index (χ3n) is 4.22. The van der Waals surface area contributed by atoms with Gasteiger partial charge in [-0.05, 0) is 25.5 Å². The summed E-state index contributed by atoms with van der Waals surface area (Å²) < 4.78 is 0. The predicted octanol–water partition coefficient (Wildman–Crippen LogP) is 0.834. The van der Waals surface area contributed by atoms with Crippen LogP contribution in [0.5, 0.6) is 0 Å². The van der Waals surface area contributed by atoms with E-state index < -0.39 is 0 Å². The van der Waals surface area contributed by atoms with Crippen molar-refractivity contribution in [2.45, 2.75) is 25.4 Å². The van der Waals surface area contributed by atoms with Gasteiger partial charge in [0.05, 0.1) is 5.92 Å². The van der Waals surface area contributed by atoms with Crippen molar-refractivity contribution in [1.29, 1.82) is 0 Å². The third kappa shape index (κ3) is 2.30.